The first-order valence-corrected chi connectivity index (χ1v) is 31.9. The molecule has 8 rings (SSSR count). The summed E-state index contributed by atoms with van der Waals surface area (Å²) < 4.78 is 35.2. The van der Waals surface area contributed by atoms with Crippen molar-refractivity contribution in [3.05, 3.63) is 131 Å². The second kappa shape index (κ2) is 33.9. The maximum Gasteiger partial charge on any atom is 0.246 e. The number of nitrogens with zero attached hydrogens (tertiary/aromatic N) is 8. The smallest absolute Gasteiger partial charge is 0.246 e. The van der Waals surface area contributed by atoms with Gasteiger partial charge in [0.15, 0.2) is 6.17 Å². The van der Waals surface area contributed by atoms with Crippen molar-refractivity contribution in [1.29, 1.82) is 0 Å². The third kappa shape index (κ3) is 19.0. The number of hydrogen-bond donors (Lipinski definition) is 7. The number of halogens is 2. The van der Waals surface area contributed by atoms with Crippen LogP contribution in [0.5, 0.6) is 0 Å². The molecule has 1 unspecified atom stereocenters. The van der Waals surface area contributed by atoms with Gasteiger partial charge in [0.05, 0.1) is 37.5 Å². The van der Waals surface area contributed by atoms with Gasteiger partial charge in [-0.3, -0.25) is 38.5 Å². The number of aromatic nitrogens is 3. The van der Waals surface area contributed by atoms with Crippen LogP contribution in [0, 0.1) is 11.6 Å². The highest BCUT2D eigenvalue weighted by Crippen LogP contribution is 2.34. The number of rotatable bonds is 31. The van der Waals surface area contributed by atoms with E-state index in [1.54, 1.807) is 65.0 Å². The van der Waals surface area contributed by atoms with Gasteiger partial charge in [-0.1, -0.05) is 91.2 Å². The fourth-order valence-corrected chi connectivity index (χ4v) is 12.5. The molecule has 0 aliphatic carbocycles. The van der Waals surface area contributed by atoms with Crippen LogP contribution in [0.25, 0.3) is 0 Å². The molecular formula is C65H90F2N14O8. The number of aliphatic hydroxyl groups is 1. The zero-order valence-corrected chi connectivity index (χ0v) is 51.7. The molecule has 1 aromatic heterocycles. The van der Waals surface area contributed by atoms with Gasteiger partial charge in [0.25, 0.3) is 0 Å². The van der Waals surface area contributed by atoms with Gasteiger partial charge < -0.3 is 51.5 Å². The first kappa shape index (κ1) is 67.4. The van der Waals surface area contributed by atoms with Crippen LogP contribution in [0.1, 0.15) is 157 Å². The van der Waals surface area contributed by atoms with E-state index in [0.717, 1.165) is 77.0 Å². The molecule has 4 aliphatic heterocycles. The largest absolute Gasteiger partial charge is 0.395 e. The molecule has 482 valence electrons. The predicted octanol–water partition coefficient (Wildman–Crippen LogP) is 6.17. The van der Waals surface area contributed by atoms with Crippen LogP contribution in [0.3, 0.4) is 0 Å². The summed E-state index contributed by atoms with van der Waals surface area (Å²) in [6.07, 6.45) is 15.2. The number of aryl methyl sites for hydroxylation is 3. The number of nitrogens with one attached hydrogen (secondary N) is 6. The molecule has 7 N–H and O–H groups in total. The first-order chi connectivity index (χ1) is 43.1. The van der Waals surface area contributed by atoms with Gasteiger partial charge in [0.2, 0.25) is 35.4 Å². The molecule has 4 fully saturated rings. The van der Waals surface area contributed by atoms with Crippen molar-refractivity contribution in [2.45, 2.75) is 197 Å². The molecule has 4 aromatic rings. The maximum atomic E-state index is 14.4. The van der Waals surface area contributed by atoms with E-state index in [0.29, 0.717) is 81.6 Å². The molecule has 0 radical (unpaired) electrons. The quantitative estimate of drug-likeness (QED) is 0.0169. The number of fused-ring (bicyclic) bond motifs is 2. The highest BCUT2D eigenvalue weighted by Gasteiger charge is 2.46. The van der Waals surface area contributed by atoms with E-state index in [1.165, 1.54) is 47.5 Å². The highest BCUT2D eigenvalue weighted by atomic mass is 19.1. The second-order valence-corrected chi connectivity index (χ2v) is 23.9. The van der Waals surface area contributed by atoms with Gasteiger partial charge in [-0.2, -0.15) is 0 Å². The summed E-state index contributed by atoms with van der Waals surface area (Å²) in [5.41, 5.74) is 3.99. The highest BCUT2D eigenvalue weighted by molar-refractivity contribution is 5.95. The predicted molar refractivity (Wildman–Crippen MR) is 330 cm³/mol. The second-order valence-electron chi connectivity index (χ2n) is 23.9. The average Bonchev–Trinajstić information content (AvgIpc) is 2.03. The van der Waals surface area contributed by atoms with Crippen molar-refractivity contribution in [3.8, 4) is 0 Å². The van der Waals surface area contributed by atoms with Crippen LogP contribution in [0.2, 0.25) is 0 Å². The zero-order chi connectivity index (χ0) is 63.2. The van der Waals surface area contributed by atoms with Crippen molar-refractivity contribution >= 4 is 35.4 Å². The molecule has 89 heavy (non-hydrogen) atoms. The minimum Gasteiger partial charge on any atom is -0.395 e. The van der Waals surface area contributed by atoms with E-state index in [9.17, 15) is 42.7 Å². The maximum absolute atomic E-state index is 14.4. The molecule has 0 bridgehead atoms. The first-order valence-electron chi connectivity index (χ1n) is 31.9. The molecule has 22 nitrogen and oxygen atoms in total. The number of methoxy groups -OCH3 is 1. The van der Waals surface area contributed by atoms with E-state index in [1.807, 2.05) is 0 Å². The van der Waals surface area contributed by atoms with E-state index in [2.05, 4.69) is 83.4 Å². The lowest BCUT2D eigenvalue weighted by Crippen LogP contribution is -2.58. The average molecular weight is 1230 g/mol. The third-order valence-electron chi connectivity index (χ3n) is 17.5. The number of carbonyl (C=O) groups is 6. The normalized spacial score (nSPS) is 21.7. The van der Waals surface area contributed by atoms with Crippen LogP contribution in [-0.4, -0.2) is 159 Å². The van der Waals surface area contributed by atoms with Crippen LogP contribution in [0.4, 0.5) is 8.78 Å². The topological polar surface area (TPSA) is 269 Å². The van der Waals surface area contributed by atoms with Gasteiger partial charge in [0, 0.05) is 51.6 Å². The Kier molecular flexibility index (Phi) is 25.7. The SMILES string of the molecule is C=CN(CCCCc1ccc(CCCCn2cc([C@@H](NC(=O)[C@@H]3CC[C@@H]4CCCC[C@H](NC(=O)[C@H](C)NCCOC)C(=O)N43)c3ccc(F)cc3)nn2)cc1)/N=N\C(NC(=O)[C@@H]1CC[C@@H]2CCCC[C@H](NC(=O)[C@H](C)NCCO)C(=O)N21)c1ccc(F)cc1. The Morgan fingerprint density at radius 3 is 1.75 bits per heavy atom. The molecule has 24 heteroatoms. The Hall–Kier alpha value is -7.54. The van der Waals surface area contributed by atoms with Crippen molar-refractivity contribution < 1.29 is 47.4 Å². The third-order valence-corrected chi connectivity index (χ3v) is 17.5. The fourth-order valence-electron chi connectivity index (χ4n) is 12.5. The number of amides is 6. The summed E-state index contributed by atoms with van der Waals surface area (Å²) in [5.74, 6) is -2.86. The number of benzene rings is 3. The molecule has 0 saturated carbocycles. The van der Waals surface area contributed by atoms with Gasteiger partial charge in [-0.05, 0) is 150 Å². The van der Waals surface area contributed by atoms with Crippen LogP contribution in [-0.2, 0) is 52.9 Å². The molecule has 4 saturated heterocycles. The number of unbranched alkanes of at least 4 members (excludes halogenated alkanes) is 2. The Balaban J connectivity index is 0.800. The minimum absolute atomic E-state index is 0.130. The van der Waals surface area contributed by atoms with Crippen molar-refractivity contribution in [2.75, 3.05) is 40.0 Å². The molecular weight excluding hydrogens is 1140 g/mol. The van der Waals surface area contributed by atoms with Crippen LogP contribution in [0.15, 0.2) is 102 Å². The van der Waals surface area contributed by atoms with Crippen molar-refractivity contribution in [2.24, 2.45) is 10.3 Å². The lowest BCUT2D eigenvalue weighted by molar-refractivity contribution is -0.144. The van der Waals surface area contributed by atoms with Crippen molar-refractivity contribution in [1.82, 2.24) is 61.7 Å². The molecule has 3 aromatic carbocycles. The summed E-state index contributed by atoms with van der Waals surface area (Å²) in [5, 5.41) is 46.7. The van der Waals surface area contributed by atoms with E-state index in [-0.39, 0.29) is 54.8 Å². The van der Waals surface area contributed by atoms with Gasteiger partial charge in [-0.15, -0.1) is 10.2 Å². The lowest BCUT2D eigenvalue weighted by Gasteiger charge is -2.36. The minimum atomic E-state index is -0.996. The number of ether oxygens (including phenoxy) is 1. The van der Waals surface area contributed by atoms with E-state index < -0.39 is 66.0 Å². The summed E-state index contributed by atoms with van der Waals surface area (Å²) in [7, 11) is 1.59. The standard InChI is InChI=1S/C65H90F2N14O8/c1-5-78(77-75-59(48-26-30-50(67)31-27-48)73-63(86)57-35-33-52-17-7-9-19-54(65(88)81(52)57)70-60(83)43(2)68-36-40-82)38-12-10-14-45-20-22-46(23-21-45)15-11-13-39-79-42-55(74-76-79)58(47-24-28-49(66)29-25-47)72-62(85)56-34-32-51-16-6-8-18-53(64(87)80(51)56)71-61(84)44(3)69-37-41-89-4/h5,20-31,42-44,51-54,56-59,68-69,82H,1,6-19,32-41H2,2-4H3,(H,70,83)(H,71,84)(H,72,85)(H,73,86)/b77-75-/t43-,44-,51-,52-,53-,54-,56-,57-,58-,59?/m0/s1. The summed E-state index contributed by atoms with van der Waals surface area (Å²) >= 11 is 0. The lowest BCUT2D eigenvalue weighted by atomic mass is 9.98. The van der Waals surface area contributed by atoms with E-state index >= 15 is 0 Å². The summed E-state index contributed by atoms with van der Waals surface area (Å²) in [6, 6.07) is 14.8. The Bertz CT molecular complexity index is 2990. The number of carbonyl (C=O) groups excluding carboxylic acids is 6. The Labute approximate surface area is 520 Å². The number of hydrogen-bond acceptors (Lipinski definition) is 14. The van der Waals surface area contributed by atoms with Gasteiger partial charge >= 0.3 is 0 Å². The van der Waals surface area contributed by atoms with Gasteiger partial charge in [-0.25, -0.2) is 8.78 Å². The van der Waals surface area contributed by atoms with Crippen LogP contribution >= 0.6 is 0 Å². The van der Waals surface area contributed by atoms with Crippen LogP contribution < -0.4 is 31.9 Å². The zero-order valence-electron chi connectivity index (χ0n) is 51.7. The Morgan fingerprint density at radius 2 is 1.21 bits per heavy atom. The summed E-state index contributed by atoms with van der Waals surface area (Å²) in [6.45, 7) is 9.44. The monoisotopic (exact) mass is 1230 g/mol. The van der Waals surface area contributed by atoms with Crippen molar-refractivity contribution in [3.63, 3.8) is 0 Å². The molecule has 10 atom stereocenters. The Morgan fingerprint density at radius 1 is 0.697 bits per heavy atom. The van der Waals surface area contributed by atoms with E-state index in [4.69, 9.17) is 4.74 Å². The molecule has 0 spiro atoms. The molecule has 6 amide bonds. The van der Waals surface area contributed by atoms with Gasteiger partial charge in [0.1, 0.15) is 41.5 Å². The summed E-state index contributed by atoms with van der Waals surface area (Å²) in [4.78, 5) is 86.5. The number of aliphatic hydroxyl groups excluding tert-OH is 1. The fraction of sp³-hybridized carbons (Fsp3) is 0.569. The molecule has 5 heterocycles. The molecule has 4 aliphatic rings.